The third kappa shape index (κ3) is 5.19. The topological polar surface area (TPSA) is 87.1 Å². The minimum atomic E-state index is -0.714. The summed E-state index contributed by atoms with van der Waals surface area (Å²) in [6.07, 6.45) is 1.71. The number of halogens is 1. The highest BCUT2D eigenvalue weighted by atomic mass is 35.5. The molecule has 0 atom stereocenters. The molecule has 0 aromatic carbocycles. The largest absolute Gasteiger partial charge is 0.394 e. The van der Waals surface area contributed by atoms with E-state index >= 15 is 0 Å². The van der Waals surface area contributed by atoms with Gasteiger partial charge < -0.3 is 15.7 Å². The average Bonchev–Trinajstić information content (AvgIpc) is 2.53. The second-order valence-corrected chi connectivity index (χ2v) is 6.12. The number of hydrogen-bond donors (Lipinski definition) is 3. The normalized spacial score (nSPS) is 11.1. The van der Waals surface area contributed by atoms with Crippen LogP contribution in [0.4, 0.5) is 5.82 Å². The molecule has 0 saturated heterocycles. The Morgan fingerprint density at radius 3 is 2.78 bits per heavy atom. The summed E-state index contributed by atoms with van der Waals surface area (Å²) in [5, 5.41) is 15.3. The van der Waals surface area contributed by atoms with Gasteiger partial charge in [-0.25, -0.2) is 4.98 Å². The summed E-state index contributed by atoms with van der Waals surface area (Å²) < 4.78 is 0. The van der Waals surface area contributed by atoms with Crippen molar-refractivity contribution in [3.63, 3.8) is 0 Å². The third-order valence-electron chi connectivity index (χ3n) is 3.08. The van der Waals surface area contributed by atoms with Crippen molar-refractivity contribution in [1.82, 2.24) is 15.3 Å². The molecule has 0 aliphatic rings. The first-order valence-electron chi connectivity index (χ1n) is 7.14. The van der Waals surface area contributed by atoms with Gasteiger partial charge in [0.1, 0.15) is 11.0 Å². The minimum absolute atomic E-state index is 0.164. The van der Waals surface area contributed by atoms with Gasteiger partial charge in [-0.2, -0.15) is 0 Å². The van der Waals surface area contributed by atoms with Gasteiger partial charge in [-0.1, -0.05) is 17.7 Å². The van der Waals surface area contributed by atoms with E-state index in [-0.39, 0.29) is 17.7 Å². The Morgan fingerprint density at radius 2 is 2.13 bits per heavy atom. The summed E-state index contributed by atoms with van der Waals surface area (Å²) in [5.41, 5.74) is 0.505. The van der Waals surface area contributed by atoms with Crippen molar-refractivity contribution >= 4 is 23.3 Å². The summed E-state index contributed by atoms with van der Waals surface area (Å²) in [6, 6.07) is 8.71. The Kier molecular flexibility index (Phi) is 5.52. The van der Waals surface area contributed by atoms with Gasteiger partial charge in [-0.15, -0.1) is 0 Å². The molecule has 2 aromatic heterocycles. The lowest BCUT2D eigenvalue weighted by Gasteiger charge is -2.23. The number of rotatable bonds is 6. The summed E-state index contributed by atoms with van der Waals surface area (Å²) in [6.45, 7) is 3.77. The van der Waals surface area contributed by atoms with Crippen LogP contribution >= 0.6 is 11.6 Å². The zero-order valence-electron chi connectivity index (χ0n) is 13.0. The quantitative estimate of drug-likeness (QED) is 0.705. The van der Waals surface area contributed by atoms with Crippen LogP contribution in [0.2, 0.25) is 5.15 Å². The number of nitrogens with zero attached hydrogens (tertiary/aromatic N) is 2. The molecule has 0 fully saturated rings. The van der Waals surface area contributed by atoms with E-state index in [1.54, 1.807) is 26.1 Å². The Morgan fingerprint density at radius 1 is 1.35 bits per heavy atom. The van der Waals surface area contributed by atoms with Crippen LogP contribution in [-0.2, 0) is 6.54 Å². The van der Waals surface area contributed by atoms with Crippen molar-refractivity contribution < 1.29 is 9.90 Å². The maximum Gasteiger partial charge on any atom is 0.252 e. The average molecular weight is 335 g/mol. The Balaban J connectivity index is 2.11. The van der Waals surface area contributed by atoms with Crippen molar-refractivity contribution in [2.75, 3.05) is 11.9 Å². The molecule has 0 aliphatic heterocycles. The lowest BCUT2D eigenvalue weighted by atomic mass is 10.1. The fourth-order valence-corrected chi connectivity index (χ4v) is 2.03. The van der Waals surface area contributed by atoms with Crippen LogP contribution in [0.25, 0.3) is 0 Å². The molecule has 2 aromatic rings. The van der Waals surface area contributed by atoms with E-state index in [1.807, 2.05) is 18.2 Å². The summed E-state index contributed by atoms with van der Waals surface area (Å²) in [4.78, 5) is 20.6. The van der Waals surface area contributed by atoms with Gasteiger partial charge in [0.05, 0.1) is 24.4 Å². The number of nitrogens with one attached hydrogen (secondary N) is 2. The predicted molar refractivity (Wildman–Crippen MR) is 89.4 cm³/mol. The molecule has 2 rings (SSSR count). The van der Waals surface area contributed by atoms with E-state index in [1.165, 1.54) is 6.07 Å². The zero-order chi connectivity index (χ0) is 16.9. The Labute approximate surface area is 139 Å². The SMILES string of the molecule is CC(C)(CO)NC(=O)c1cc(Cl)nc(NCc2ccccn2)c1. The van der Waals surface area contributed by atoms with Crippen LogP contribution in [0.15, 0.2) is 36.5 Å². The van der Waals surface area contributed by atoms with Gasteiger partial charge in [0, 0.05) is 11.8 Å². The van der Waals surface area contributed by atoms with Crippen LogP contribution in [-0.4, -0.2) is 33.1 Å². The second-order valence-electron chi connectivity index (χ2n) is 5.73. The number of carbonyl (C=O) groups excluding carboxylic acids is 1. The summed E-state index contributed by atoms with van der Waals surface area (Å²) in [7, 11) is 0. The van der Waals surface area contributed by atoms with Gasteiger partial charge in [-0.05, 0) is 38.1 Å². The molecule has 0 radical (unpaired) electrons. The van der Waals surface area contributed by atoms with E-state index < -0.39 is 5.54 Å². The number of aliphatic hydroxyl groups excluding tert-OH is 1. The van der Waals surface area contributed by atoms with Crippen LogP contribution in [0.5, 0.6) is 0 Å². The molecule has 23 heavy (non-hydrogen) atoms. The molecule has 0 spiro atoms. The lowest BCUT2D eigenvalue weighted by molar-refractivity contribution is 0.0869. The van der Waals surface area contributed by atoms with Crippen LogP contribution in [0.3, 0.4) is 0 Å². The first-order chi connectivity index (χ1) is 10.9. The Bertz CT molecular complexity index is 677. The van der Waals surface area contributed by atoms with E-state index in [0.29, 0.717) is 17.9 Å². The van der Waals surface area contributed by atoms with E-state index in [9.17, 15) is 9.90 Å². The minimum Gasteiger partial charge on any atom is -0.394 e. The summed E-state index contributed by atoms with van der Waals surface area (Å²) in [5.74, 6) is 0.157. The van der Waals surface area contributed by atoms with Crippen LogP contribution in [0, 0.1) is 0 Å². The van der Waals surface area contributed by atoms with E-state index in [2.05, 4.69) is 20.6 Å². The molecule has 7 heteroatoms. The van der Waals surface area contributed by atoms with Gasteiger partial charge in [0.2, 0.25) is 0 Å². The number of aliphatic hydroxyl groups is 1. The molecule has 3 N–H and O–H groups in total. The molecule has 0 saturated carbocycles. The Hall–Kier alpha value is -2.18. The molecule has 2 heterocycles. The first kappa shape index (κ1) is 17.2. The predicted octanol–water partition coefficient (Wildman–Crippen LogP) is 2.24. The highest BCUT2D eigenvalue weighted by molar-refractivity contribution is 6.29. The van der Waals surface area contributed by atoms with Crippen molar-refractivity contribution in [3.8, 4) is 0 Å². The highest BCUT2D eigenvalue weighted by Crippen LogP contribution is 2.16. The highest BCUT2D eigenvalue weighted by Gasteiger charge is 2.20. The molecular weight excluding hydrogens is 316 g/mol. The first-order valence-corrected chi connectivity index (χ1v) is 7.52. The fraction of sp³-hybridized carbons (Fsp3) is 0.312. The van der Waals surface area contributed by atoms with Crippen LogP contribution in [0.1, 0.15) is 29.9 Å². The molecule has 0 aliphatic carbocycles. The van der Waals surface area contributed by atoms with Crippen molar-refractivity contribution in [3.05, 3.63) is 52.9 Å². The zero-order valence-corrected chi connectivity index (χ0v) is 13.8. The van der Waals surface area contributed by atoms with Crippen molar-refractivity contribution in [1.29, 1.82) is 0 Å². The molecule has 0 unspecified atom stereocenters. The summed E-state index contributed by atoms with van der Waals surface area (Å²) >= 11 is 5.98. The molecular formula is C16H19ClN4O2. The third-order valence-corrected chi connectivity index (χ3v) is 3.27. The smallest absolute Gasteiger partial charge is 0.252 e. The standard InChI is InChI=1S/C16H19ClN4O2/c1-16(2,10-22)21-15(23)11-7-13(17)20-14(8-11)19-9-12-5-3-4-6-18-12/h3-8,22H,9-10H2,1-2H3,(H,19,20)(H,21,23). The molecule has 0 bridgehead atoms. The fourth-order valence-electron chi connectivity index (χ4n) is 1.82. The molecule has 1 amide bonds. The van der Waals surface area contributed by atoms with Gasteiger partial charge in [0.15, 0.2) is 0 Å². The second kappa shape index (κ2) is 7.39. The van der Waals surface area contributed by atoms with Gasteiger partial charge in [0.25, 0.3) is 5.91 Å². The maximum atomic E-state index is 12.2. The maximum absolute atomic E-state index is 12.2. The number of amides is 1. The van der Waals surface area contributed by atoms with E-state index in [4.69, 9.17) is 11.6 Å². The van der Waals surface area contributed by atoms with Gasteiger partial charge >= 0.3 is 0 Å². The van der Waals surface area contributed by atoms with Crippen molar-refractivity contribution in [2.24, 2.45) is 0 Å². The number of aromatic nitrogens is 2. The van der Waals surface area contributed by atoms with E-state index in [0.717, 1.165) is 5.69 Å². The van der Waals surface area contributed by atoms with Gasteiger partial charge in [-0.3, -0.25) is 9.78 Å². The molecule has 6 nitrogen and oxygen atoms in total. The number of hydrogen-bond acceptors (Lipinski definition) is 5. The van der Waals surface area contributed by atoms with Crippen molar-refractivity contribution in [2.45, 2.75) is 25.9 Å². The number of carbonyl (C=O) groups is 1. The van der Waals surface area contributed by atoms with Crippen LogP contribution < -0.4 is 10.6 Å². The lowest BCUT2D eigenvalue weighted by Crippen LogP contribution is -2.46. The number of pyridine rings is 2. The monoisotopic (exact) mass is 334 g/mol. The molecule has 122 valence electrons. The number of anilines is 1.